The number of sulfonamides is 1. The van der Waals surface area contributed by atoms with Crippen molar-refractivity contribution in [3.8, 4) is 5.75 Å². The van der Waals surface area contributed by atoms with E-state index >= 15 is 0 Å². The maximum absolute atomic E-state index is 13.6. The van der Waals surface area contributed by atoms with Gasteiger partial charge in [-0.1, -0.05) is 25.0 Å². The fourth-order valence-corrected chi connectivity index (χ4v) is 5.76. The molecule has 0 atom stereocenters. The first kappa shape index (κ1) is 27.1. The van der Waals surface area contributed by atoms with E-state index in [1.807, 2.05) is 0 Å². The number of nitrogens with zero attached hydrogens (tertiary/aromatic N) is 2. The molecular formula is C28H30FN3O5S. The molecule has 0 bridgehead atoms. The van der Waals surface area contributed by atoms with Gasteiger partial charge in [-0.15, -0.1) is 0 Å². The van der Waals surface area contributed by atoms with Crippen molar-refractivity contribution in [3.63, 3.8) is 0 Å². The number of hydrogen-bond donors (Lipinski definition) is 1. The van der Waals surface area contributed by atoms with Gasteiger partial charge in [-0.05, 0) is 73.5 Å². The Hall–Kier alpha value is -3.92. The first-order chi connectivity index (χ1) is 18.3. The first-order valence-electron chi connectivity index (χ1n) is 12.4. The van der Waals surface area contributed by atoms with Crippen molar-refractivity contribution < 1.29 is 27.1 Å². The molecule has 0 radical (unpaired) electrons. The van der Waals surface area contributed by atoms with Crippen molar-refractivity contribution in [2.45, 2.75) is 30.6 Å². The molecule has 4 rings (SSSR count). The molecule has 1 fully saturated rings. The van der Waals surface area contributed by atoms with Crippen LogP contribution in [-0.4, -0.2) is 51.9 Å². The van der Waals surface area contributed by atoms with E-state index in [4.69, 9.17) is 4.74 Å². The normalized spacial score (nSPS) is 13.9. The lowest BCUT2D eigenvalue weighted by molar-refractivity contribution is -0.114. The van der Waals surface area contributed by atoms with E-state index < -0.39 is 28.3 Å². The zero-order chi connectivity index (χ0) is 27.1. The molecule has 2 amide bonds. The topological polar surface area (TPSA) is 96.0 Å². The number of rotatable bonds is 8. The molecule has 0 aromatic heterocycles. The van der Waals surface area contributed by atoms with Crippen LogP contribution in [0.15, 0.2) is 77.7 Å². The average Bonchev–Trinajstić information content (AvgIpc) is 3.22. The number of para-hydroxylation sites is 1. The van der Waals surface area contributed by atoms with Gasteiger partial charge in [0.25, 0.3) is 15.9 Å². The highest BCUT2D eigenvalue weighted by Crippen LogP contribution is 2.26. The van der Waals surface area contributed by atoms with E-state index in [-0.39, 0.29) is 16.5 Å². The van der Waals surface area contributed by atoms with Gasteiger partial charge >= 0.3 is 0 Å². The summed E-state index contributed by atoms with van der Waals surface area (Å²) in [5, 5.41) is 2.71. The lowest BCUT2D eigenvalue weighted by Gasteiger charge is -2.25. The molecule has 0 saturated carbocycles. The van der Waals surface area contributed by atoms with Gasteiger partial charge in [-0.2, -0.15) is 0 Å². The minimum absolute atomic E-state index is 0.0628. The number of carbonyl (C=O) groups excluding carboxylic acids is 2. The Morgan fingerprint density at radius 3 is 2.18 bits per heavy atom. The molecule has 3 aromatic rings. The van der Waals surface area contributed by atoms with Gasteiger partial charge in [0.15, 0.2) is 0 Å². The second kappa shape index (κ2) is 12.1. The van der Waals surface area contributed by atoms with Gasteiger partial charge in [0.1, 0.15) is 18.1 Å². The third-order valence-electron chi connectivity index (χ3n) is 6.37. The van der Waals surface area contributed by atoms with Gasteiger partial charge in [-0.25, -0.2) is 12.8 Å². The van der Waals surface area contributed by atoms with E-state index in [2.05, 4.69) is 5.32 Å². The Morgan fingerprint density at radius 2 is 1.55 bits per heavy atom. The smallest absolute Gasteiger partial charge is 0.264 e. The van der Waals surface area contributed by atoms with E-state index in [1.165, 1.54) is 43.5 Å². The minimum atomic E-state index is -4.21. The van der Waals surface area contributed by atoms with Crippen molar-refractivity contribution >= 4 is 33.2 Å². The fraction of sp³-hybridized carbons (Fsp3) is 0.286. The summed E-state index contributed by atoms with van der Waals surface area (Å²) in [5.74, 6) is -0.895. The van der Waals surface area contributed by atoms with Crippen LogP contribution in [-0.2, 0) is 14.8 Å². The molecular weight excluding hydrogens is 509 g/mol. The predicted molar refractivity (Wildman–Crippen MR) is 143 cm³/mol. The summed E-state index contributed by atoms with van der Waals surface area (Å²) < 4.78 is 46.8. The van der Waals surface area contributed by atoms with Crippen LogP contribution in [0.4, 0.5) is 15.8 Å². The highest BCUT2D eigenvalue weighted by Gasteiger charge is 2.28. The van der Waals surface area contributed by atoms with Crippen molar-refractivity contribution in [3.05, 3.63) is 84.2 Å². The number of amides is 2. The quantitative estimate of drug-likeness (QED) is 0.448. The van der Waals surface area contributed by atoms with Gasteiger partial charge in [0.2, 0.25) is 5.91 Å². The van der Waals surface area contributed by atoms with Gasteiger partial charge in [0, 0.05) is 13.1 Å². The van der Waals surface area contributed by atoms with Crippen LogP contribution in [0.5, 0.6) is 5.75 Å². The molecule has 1 saturated heterocycles. The number of methoxy groups -OCH3 is 1. The Labute approximate surface area is 222 Å². The number of ether oxygens (including phenoxy) is 1. The van der Waals surface area contributed by atoms with E-state index in [9.17, 15) is 22.4 Å². The Morgan fingerprint density at radius 1 is 0.921 bits per heavy atom. The molecule has 8 nitrogen and oxygen atoms in total. The van der Waals surface area contributed by atoms with Crippen molar-refractivity contribution in [2.24, 2.45) is 0 Å². The van der Waals surface area contributed by atoms with E-state index in [1.54, 1.807) is 29.2 Å². The summed E-state index contributed by atoms with van der Waals surface area (Å²) in [7, 11) is -2.74. The average molecular weight is 540 g/mol. The molecule has 0 aliphatic carbocycles. The maximum atomic E-state index is 13.6. The number of halogens is 1. The lowest BCUT2D eigenvalue weighted by atomic mass is 10.1. The predicted octanol–water partition coefficient (Wildman–Crippen LogP) is 4.68. The second-order valence-electron chi connectivity index (χ2n) is 8.96. The van der Waals surface area contributed by atoms with E-state index in [0.717, 1.165) is 42.1 Å². The zero-order valence-corrected chi connectivity index (χ0v) is 21.9. The molecule has 1 aliphatic heterocycles. The van der Waals surface area contributed by atoms with Crippen LogP contribution in [0.3, 0.4) is 0 Å². The van der Waals surface area contributed by atoms with Crippen LogP contribution in [0.1, 0.15) is 36.0 Å². The number of anilines is 2. The summed E-state index contributed by atoms with van der Waals surface area (Å²) in [6, 6.07) is 17.3. The second-order valence-corrected chi connectivity index (χ2v) is 10.8. The zero-order valence-electron chi connectivity index (χ0n) is 21.1. The van der Waals surface area contributed by atoms with Crippen LogP contribution < -0.4 is 14.4 Å². The Kier molecular flexibility index (Phi) is 8.62. The van der Waals surface area contributed by atoms with Crippen LogP contribution in [0, 0.1) is 5.82 Å². The van der Waals surface area contributed by atoms with Crippen LogP contribution >= 0.6 is 0 Å². The van der Waals surface area contributed by atoms with Gasteiger partial charge in [-0.3, -0.25) is 13.9 Å². The number of nitrogens with one attached hydrogen (secondary N) is 1. The standard InChI is InChI=1S/C28H30FN3O5S/c1-37-23-14-16-24(17-15-23)38(35,36)32(22-12-10-21(29)11-13-22)20-27(33)30-26-9-5-4-8-25(26)28(34)31-18-6-2-3-7-19-31/h4-5,8-17H,2-3,6-7,18-20H2,1H3,(H,30,33). The number of likely N-dealkylation sites (tertiary alicyclic amines) is 1. The number of carbonyl (C=O) groups is 2. The van der Waals surface area contributed by atoms with Crippen molar-refractivity contribution in [2.75, 3.05) is 36.4 Å². The maximum Gasteiger partial charge on any atom is 0.264 e. The molecule has 3 aromatic carbocycles. The highest BCUT2D eigenvalue weighted by atomic mass is 32.2. The molecule has 200 valence electrons. The summed E-state index contributed by atoms with van der Waals surface area (Å²) in [5.41, 5.74) is 0.757. The largest absolute Gasteiger partial charge is 0.497 e. The third-order valence-corrected chi connectivity index (χ3v) is 8.16. The molecule has 0 spiro atoms. The SMILES string of the molecule is COc1ccc(S(=O)(=O)N(CC(=O)Nc2ccccc2C(=O)N2CCCCCC2)c2ccc(F)cc2)cc1. The van der Waals surface area contributed by atoms with Gasteiger partial charge < -0.3 is 15.0 Å². The molecule has 38 heavy (non-hydrogen) atoms. The third kappa shape index (κ3) is 6.31. The summed E-state index contributed by atoms with van der Waals surface area (Å²) in [6.45, 7) is 0.714. The molecule has 1 heterocycles. The fourth-order valence-electron chi connectivity index (χ4n) is 4.34. The molecule has 1 N–H and O–H groups in total. The monoisotopic (exact) mass is 539 g/mol. The molecule has 0 unspecified atom stereocenters. The van der Waals surface area contributed by atoms with Crippen molar-refractivity contribution in [1.82, 2.24) is 4.90 Å². The van der Waals surface area contributed by atoms with Crippen LogP contribution in [0.2, 0.25) is 0 Å². The minimum Gasteiger partial charge on any atom is -0.497 e. The lowest BCUT2D eigenvalue weighted by Crippen LogP contribution is -2.38. The highest BCUT2D eigenvalue weighted by molar-refractivity contribution is 7.92. The number of benzene rings is 3. The summed E-state index contributed by atoms with van der Waals surface area (Å²) in [6.07, 6.45) is 4.00. The summed E-state index contributed by atoms with van der Waals surface area (Å²) >= 11 is 0. The van der Waals surface area contributed by atoms with Crippen LogP contribution in [0.25, 0.3) is 0 Å². The Balaban J connectivity index is 1.60. The molecule has 1 aliphatic rings. The molecule has 10 heteroatoms. The summed E-state index contributed by atoms with van der Waals surface area (Å²) in [4.78, 5) is 28.2. The van der Waals surface area contributed by atoms with Crippen molar-refractivity contribution in [1.29, 1.82) is 0 Å². The first-order valence-corrected chi connectivity index (χ1v) is 13.8. The van der Waals surface area contributed by atoms with E-state index in [0.29, 0.717) is 30.1 Å². The number of hydrogen-bond acceptors (Lipinski definition) is 5. The van der Waals surface area contributed by atoms with Gasteiger partial charge in [0.05, 0.1) is 28.9 Å². The Bertz CT molecular complexity index is 1370.